The first kappa shape index (κ1) is 16.7. The average Bonchev–Trinajstić information content (AvgIpc) is 3.23. The van der Waals surface area contributed by atoms with Gasteiger partial charge < -0.3 is 4.98 Å². The lowest BCUT2D eigenvalue weighted by atomic mass is 10.1. The molecule has 0 atom stereocenters. The number of aryl methyl sites for hydroxylation is 1. The number of para-hydroxylation sites is 1. The zero-order chi connectivity index (χ0) is 19.1. The highest BCUT2D eigenvalue weighted by Gasteiger charge is 2.34. The van der Waals surface area contributed by atoms with Gasteiger partial charge in [-0.3, -0.25) is 19.5 Å². The monoisotopic (exact) mass is 369 g/mol. The molecule has 0 saturated carbocycles. The second kappa shape index (κ2) is 6.60. The fraction of sp³-hybridized carbons (Fsp3) is 0.174. The van der Waals surface area contributed by atoms with Crippen LogP contribution in [0.15, 0.2) is 60.8 Å². The van der Waals surface area contributed by atoms with Gasteiger partial charge in [0.05, 0.1) is 22.3 Å². The van der Waals surface area contributed by atoms with Crippen molar-refractivity contribution in [3.05, 3.63) is 77.6 Å². The summed E-state index contributed by atoms with van der Waals surface area (Å²) in [6.07, 6.45) is 4.26. The lowest BCUT2D eigenvalue weighted by molar-refractivity contribution is 0.0652. The van der Waals surface area contributed by atoms with E-state index in [-0.39, 0.29) is 11.8 Å². The van der Waals surface area contributed by atoms with Crippen LogP contribution in [0.25, 0.3) is 21.8 Å². The van der Waals surface area contributed by atoms with Crippen LogP contribution in [0.3, 0.4) is 0 Å². The van der Waals surface area contributed by atoms with Crippen molar-refractivity contribution in [3.63, 3.8) is 0 Å². The van der Waals surface area contributed by atoms with Crippen molar-refractivity contribution in [1.82, 2.24) is 14.9 Å². The predicted molar refractivity (Wildman–Crippen MR) is 108 cm³/mol. The molecule has 138 valence electrons. The van der Waals surface area contributed by atoms with Crippen molar-refractivity contribution in [2.75, 3.05) is 6.54 Å². The van der Waals surface area contributed by atoms with Crippen molar-refractivity contribution < 1.29 is 9.59 Å². The Hall–Kier alpha value is -3.47. The van der Waals surface area contributed by atoms with E-state index in [1.165, 1.54) is 15.7 Å². The standard InChI is InChI=1S/C23H19N3O2/c27-22-17-8-1-2-9-18(17)23(28)26(22)14-6-5-11-20-21-16(12-13-24-20)15-7-3-4-10-19(15)25-21/h1-4,7-10,12-13,25H,5-6,11,14H2. The maximum absolute atomic E-state index is 12.4. The summed E-state index contributed by atoms with van der Waals surface area (Å²) in [6, 6.07) is 17.3. The van der Waals surface area contributed by atoms with Crippen molar-refractivity contribution in [2.45, 2.75) is 19.3 Å². The van der Waals surface area contributed by atoms with Crippen molar-refractivity contribution in [3.8, 4) is 0 Å². The van der Waals surface area contributed by atoms with Gasteiger partial charge in [-0.1, -0.05) is 30.3 Å². The number of benzene rings is 2. The summed E-state index contributed by atoms with van der Waals surface area (Å²) in [5.74, 6) is -0.368. The van der Waals surface area contributed by atoms with E-state index in [0.29, 0.717) is 17.7 Å². The van der Waals surface area contributed by atoms with Crippen LogP contribution >= 0.6 is 0 Å². The number of nitrogens with zero attached hydrogens (tertiary/aromatic N) is 2. The molecular weight excluding hydrogens is 350 g/mol. The first-order valence-electron chi connectivity index (χ1n) is 9.53. The zero-order valence-corrected chi connectivity index (χ0v) is 15.3. The van der Waals surface area contributed by atoms with Gasteiger partial charge in [0, 0.05) is 29.0 Å². The molecule has 5 nitrogen and oxygen atoms in total. The number of unbranched alkanes of at least 4 members (excludes halogenated alkanes) is 1. The Morgan fingerprint density at radius 1 is 0.821 bits per heavy atom. The Bertz CT molecular complexity index is 1190. The number of H-pyrrole nitrogens is 1. The Kier molecular flexibility index (Phi) is 3.93. The van der Waals surface area contributed by atoms with E-state index in [1.54, 1.807) is 24.3 Å². The van der Waals surface area contributed by atoms with Crippen LogP contribution < -0.4 is 0 Å². The summed E-state index contributed by atoms with van der Waals surface area (Å²) in [7, 11) is 0. The van der Waals surface area contributed by atoms with Gasteiger partial charge in [0.25, 0.3) is 11.8 Å². The maximum Gasteiger partial charge on any atom is 0.261 e. The van der Waals surface area contributed by atoms with Crippen molar-refractivity contribution in [1.29, 1.82) is 0 Å². The number of imide groups is 1. The van der Waals surface area contributed by atoms with Crippen LogP contribution in [-0.4, -0.2) is 33.2 Å². The van der Waals surface area contributed by atoms with Crippen molar-refractivity contribution >= 4 is 33.6 Å². The Labute approximate surface area is 162 Å². The SMILES string of the molecule is O=C1c2ccccc2C(=O)N1CCCCc1nccc2c1[nH]c1ccccc12. The summed E-state index contributed by atoms with van der Waals surface area (Å²) in [6.45, 7) is 0.440. The normalized spacial score (nSPS) is 13.6. The predicted octanol–water partition coefficient (Wildman–Crippen LogP) is 4.34. The second-order valence-electron chi connectivity index (χ2n) is 7.12. The van der Waals surface area contributed by atoms with Gasteiger partial charge in [0.15, 0.2) is 0 Å². The largest absolute Gasteiger partial charge is 0.353 e. The van der Waals surface area contributed by atoms with Gasteiger partial charge in [-0.05, 0) is 43.5 Å². The molecule has 1 N–H and O–H groups in total. The minimum atomic E-state index is -0.184. The number of carbonyl (C=O) groups excluding carboxylic acids is 2. The smallest absolute Gasteiger partial charge is 0.261 e. The van der Waals surface area contributed by atoms with Gasteiger partial charge in [0.1, 0.15) is 0 Å². The average molecular weight is 369 g/mol. The summed E-state index contributed by atoms with van der Waals surface area (Å²) in [5, 5.41) is 2.38. The Morgan fingerprint density at radius 2 is 1.54 bits per heavy atom. The number of aromatic nitrogens is 2. The minimum absolute atomic E-state index is 0.184. The summed E-state index contributed by atoms with van der Waals surface area (Å²) in [4.78, 5) is 34.3. The number of hydrogen-bond donors (Lipinski definition) is 1. The number of carbonyl (C=O) groups is 2. The number of pyridine rings is 1. The molecule has 28 heavy (non-hydrogen) atoms. The van der Waals surface area contributed by atoms with E-state index < -0.39 is 0 Å². The number of aromatic amines is 1. The molecule has 0 aliphatic carbocycles. The molecule has 0 fully saturated rings. The van der Waals surface area contributed by atoms with Crippen LogP contribution in [0.2, 0.25) is 0 Å². The van der Waals surface area contributed by atoms with Gasteiger partial charge in [0.2, 0.25) is 0 Å². The Balaban J connectivity index is 1.28. The fourth-order valence-corrected chi connectivity index (χ4v) is 4.02. The third kappa shape index (κ3) is 2.59. The molecular formula is C23H19N3O2. The van der Waals surface area contributed by atoms with E-state index >= 15 is 0 Å². The number of amides is 2. The van der Waals surface area contributed by atoms with Crippen LogP contribution in [0.5, 0.6) is 0 Å². The topological polar surface area (TPSA) is 66.1 Å². The molecule has 5 rings (SSSR count). The number of rotatable bonds is 5. The molecule has 0 radical (unpaired) electrons. The van der Waals surface area contributed by atoms with Gasteiger partial charge >= 0.3 is 0 Å². The molecule has 4 aromatic rings. The molecule has 3 heterocycles. The minimum Gasteiger partial charge on any atom is -0.353 e. The van der Waals surface area contributed by atoms with Crippen molar-refractivity contribution in [2.24, 2.45) is 0 Å². The van der Waals surface area contributed by atoms with Gasteiger partial charge in [-0.15, -0.1) is 0 Å². The number of hydrogen-bond acceptors (Lipinski definition) is 3. The van der Waals surface area contributed by atoms with E-state index in [1.807, 2.05) is 24.4 Å². The molecule has 0 unspecified atom stereocenters. The number of nitrogens with one attached hydrogen (secondary N) is 1. The quantitative estimate of drug-likeness (QED) is 0.420. The molecule has 1 aliphatic heterocycles. The third-order valence-corrected chi connectivity index (χ3v) is 5.43. The fourth-order valence-electron chi connectivity index (χ4n) is 4.02. The zero-order valence-electron chi connectivity index (χ0n) is 15.3. The van der Waals surface area contributed by atoms with Gasteiger partial charge in [-0.25, -0.2) is 0 Å². The Morgan fingerprint density at radius 3 is 2.32 bits per heavy atom. The van der Waals surface area contributed by atoms with E-state index in [2.05, 4.69) is 22.1 Å². The highest BCUT2D eigenvalue weighted by Crippen LogP contribution is 2.27. The molecule has 2 aromatic carbocycles. The molecule has 0 bridgehead atoms. The number of fused-ring (bicyclic) bond motifs is 4. The van der Waals surface area contributed by atoms with Crippen LogP contribution in [0.4, 0.5) is 0 Å². The molecule has 2 aromatic heterocycles. The van der Waals surface area contributed by atoms with Gasteiger partial charge in [-0.2, -0.15) is 0 Å². The van der Waals surface area contributed by atoms with Crippen LogP contribution in [-0.2, 0) is 6.42 Å². The first-order chi connectivity index (χ1) is 13.7. The van der Waals surface area contributed by atoms with Crippen LogP contribution in [0, 0.1) is 0 Å². The first-order valence-corrected chi connectivity index (χ1v) is 9.53. The molecule has 1 aliphatic rings. The maximum atomic E-state index is 12.4. The molecule has 0 saturated heterocycles. The van der Waals surface area contributed by atoms with E-state index in [0.717, 1.165) is 36.0 Å². The highest BCUT2D eigenvalue weighted by atomic mass is 16.2. The molecule has 0 spiro atoms. The lowest BCUT2D eigenvalue weighted by Gasteiger charge is -2.13. The third-order valence-electron chi connectivity index (χ3n) is 5.43. The summed E-state index contributed by atoms with van der Waals surface area (Å²) >= 11 is 0. The van der Waals surface area contributed by atoms with Crippen LogP contribution in [0.1, 0.15) is 39.3 Å². The van der Waals surface area contributed by atoms with E-state index in [9.17, 15) is 9.59 Å². The molecule has 2 amide bonds. The highest BCUT2D eigenvalue weighted by molar-refractivity contribution is 6.21. The summed E-state index contributed by atoms with van der Waals surface area (Å²) < 4.78 is 0. The lowest BCUT2D eigenvalue weighted by Crippen LogP contribution is -2.30. The second-order valence-corrected chi connectivity index (χ2v) is 7.12. The van der Waals surface area contributed by atoms with E-state index in [4.69, 9.17) is 0 Å². The molecule has 5 heteroatoms. The summed E-state index contributed by atoms with van der Waals surface area (Å²) in [5.41, 5.74) is 4.23.